The maximum atomic E-state index is 11.4. The summed E-state index contributed by atoms with van der Waals surface area (Å²) in [5.41, 5.74) is 6.55. The van der Waals surface area contributed by atoms with Crippen molar-refractivity contribution in [3.63, 3.8) is 0 Å². The molecule has 1 aromatic heterocycles. The van der Waals surface area contributed by atoms with Crippen LogP contribution >= 0.6 is 23.7 Å². The quantitative estimate of drug-likeness (QED) is 0.874. The summed E-state index contributed by atoms with van der Waals surface area (Å²) in [7, 11) is 1.63. The number of nitrogens with one attached hydrogen (secondary N) is 1. The summed E-state index contributed by atoms with van der Waals surface area (Å²) in [4.78, 5) is 11.4. The first kappa shape index (κ1) is 17.4. The predicted octanol–water partition coefficient (Wildman–Crippen LogP) is 1.84. The number of carbonyl (C=O) groups excluding carboxylic acids is 1. The maximum Gasteiger partial charge on any atom is 0.242 e. The number of amides is 1. The highest BCUT2D eigenvalue weighted by molar-refractivity contribution is 7.15. The lowest BCUT2D eigenvalue weighted by Gasteiger charge is -2.03. The normalized spacial score (nSPS) is 11.4. The second kappa shape index (κ2) is 7.92. The van der Waals surface area contributed by atoms with Crippen LogP contribution in [0.1, 0.15) is 17.5 Å². The first-order chi connectivity index (χ1) is 9.58. The fourth-order valence-electron chi connectivity index (χ4n) is 1.55. The average molecular weight is 329 g/mol. The van der Waals surface area contributed by atoms with E-state index in [1.807, 2.05) is 24.3 Å². The van der Waals surface area contributed by atoms with Crippen molar-refractivity contribution in [1.29, 1.82) is 0 Å². The fraction of sp³-hybridized carbons (Fsp3) is 0.308. The van der Waals surface area contributed by atoms with E-state index in [0.717, 1.165) is 16.3 Å². The van der Waals surface area contributed by atoms with Crippen LogP contribution in [0, 0.1) is 0 Å². The molecule has 3 N–H and O–H groups in total. The van der Waals surface area contributed by atoms with Gasteiger partial charge in [-0.3, -0.25) is 10.1 Å². The summed E-state index contributed by atoms with van der Waals surface area (Å²) in [6.45, 7) is 1.62. The van der Waals surface area contributed by atoms with Crippen LogP contribution in [-0.2, 0) is 11.2 Å². The zero-order valence-corrected chi connectivity index (χ0v) is 13.3. The topological polar surface area (TPSA) is 90.1 Å². The number of hydrogen-bond donors (Lipinski definition) is 2. The van der Waals surface area contributed by atoms with Gasteiger partial charge in [0.2, 0.25) is 11.0 Å². The molecule has 2 rings (SSSR count). The van der Waals surface area contributed by atoms with Crippen LogP contribution in [0.3, 0.4) is 0 Å². The molecule has 0 saturated carbocycles. The number of hydrogen-bond acceptors (Lipinski definition) is 6. The highest BCUT2D eigenvalue weighted by Gasteiger charge is 2.11. The van der Waals surface area contributed by atoms with Crippen LogP contribution in [0.25, 0.3) is 0 Å². The average Bonchev–Trinajstić information content (AvgIpc) is 2.86. The van der Waals surface area contributed by atoms with Gasteiger partial charge in [0.1, 0.15) is 10.8 Å². The van der Waals surface area contributed by atoms with E-state index < -0.39 is 6.04 Å². The third-order valence-electron chi connectivity index (χ3n) is 2.60. The van der Waals surface area contributed by atoms with Crippen molar-refractivity contribution < 1.29 is 9.53 Å². The Balaban J connectivity index is 0.00000220. The van der Waals surface area contributed by atoms with Crippen LogP contribution in [0.2, 0.25) is 0 Å². The van der Waals surface area contributed by atoms with Crippen molar-refractivity contribution in [2.24, 2.45) is 5.73 Å². The number of ether oxygens (including phenoxy) is 1. The Bertz CT molecular complexity index is 603. The highest BCUT2D eigenvalue weighted by atomic mass is 35.5. The molecule has 0 spiro atoms. The van der Waals surface area contributed by atoms with Crippen molar-refractivity contribution in [1.82, 2.24) is 10.2 Å². The molecule has 21 heavy (non-hydrogen) atoms. The Morgan fingerprint density at radius 2 is 2.24 bits per heavy atom. The molecule has 0 aliphatic heterocycles. The molecule has 0 aliphatic rings. The Morgan fingerprint density at radius 1 is 1.48 bits per heavy atom. The van der Waals surface area contributed by atoms with Gasteiger partial charge in [0.25, 0.3) is 0 Å². The molecule has 1 amide bonds. The fourth-order valence-corrected chi connectivity index (χ4v) is 2.33. The maximum absolute atomic E-state index is 11.4. The summed E-state index contributed by atoms with van der Waals surface area (Å²) in [6.07, 6.45) is 0.642. The van der Waals surface area contributed by atoms with E-state index in [1.165, 1.54) is 11.3 Å². The second-order valence-corrected chi connectivity index (χ2v) is 5.37. The van der Waals surface area contributed by atoms with Crippen molar-refractivity contribution >= 4 is 34.8 Å². The number of carbonyl (C=O) groups is 1. The Morgan fingerprint density at radius 3 is 2.90 bits per heavy atom. The van der Waals surface area contributed by atoms with Gasteiger partial charge >= 0.3 is 0 Å². The Hall–Kier alpha value is -1.70. The molecule has 0 fully saturated rings. The number of rotatable bonds is 5. The van der Waals surface area contributed by atoms with Gasteiger partial charge in [-0.25, -0.2) is 0 Å². The third-order valence-corrected chi connectivity index (χ3v) is 3.44. The molecule has 0 aliphatic carbocycles. The lowest BCUT2D eigenvalue weighted by molar-refractivity contribution is -0.117. The van der Waals surface area contributed by atoms with E-state index in [0.29, 0.717) is 11.6 Å². The molecule has 0 unspecified atom stereocenters. The molecular formula is C13H17ClN4O2S. The lowest BCUT2D eigenvalue weighted by atomic mass is 10.1. The van der Waals surface area contributed by atoms with Gasteiger partial charge in [-0.1, -0.05) is 23.5 Å². The van der Waals surface area contributed by atoms with Gasteiger partial charge in [0.05, 0.1) is 13.2 Å². The van der Waals surface area contributed by atoms with Gasteiger partial charge in [0, 0.05) is 6.42 Å². The zero-order chi connectivity index (χ0) is 14.5. The van der Waals surface area contributed by atoms with Gasteiger partial charge < -0.3 is 10.5 Å². The summed E-state index contributed by atoms with van der Waals surface area (Å²) in [6, 6.07) is 7.18. The second-order valence-electron chi connectivity index (χ2n) is 4.31. The number of halogens is 1. The SMILES string of the molecule is COc1cccc(Cc2nnc(NC(=O)[C@@H](C)N)s2)c1.Cl. The van der Waals surface area contributed by atoms with Crippen LogP contribution in [0.5, 0.6) is 5.75 Å². The molecule has 1 aromatic carbocycles. The molecule has 0 saturated heterocycles. The number of nitrogens with two attached hydrogens (primary N) is 1. The minimum atomic E-state index is -0.569. The summed E-state index contributed by atoms with van der Waals surface area (Å²) in [5, 5.41) is 11.9. The number of benzene rings is 1. The molecule has 0 bridgehead atoms. The number of aromatic nitrogens is 2. The molecule has 0 radical (unpaired) electrons. The molecule has 6 nitrogen and oxygen atoms in total. The molecule has 8 heteroatoms. The number of methoxy groups -OCH3 is 1. The number of anilines is 1. The standard InChI is InChI=1S/C13H16N4O2S.ClH/c1-8(14)12(18)15-13-17-16-11(20-13)7-9-4-3-5-10(6-9)19-2;/h3-6,8H,7,14H2,1-2H3,(H,15,17,18);1H/t8-;/m1./s1. The minimum absolute atomic E-state index is 0. The van der Waals surface area contributed by atoms with Crippen LogP contribution in [-0.4, -0.2) is 29.3 Å². The van der Waals surface area contributed by atoms with Crippen LogP contribution < -0.4 is 15.8 Å². The van der Waals surface area contributed by atoms with Crippen molar-refractivity contribution in [3.05, 3.63) is 34.8 Å². The molecular weight excluding hydrogens is 312 g/mol. The van der Waals surface area contributed by atoms with Crippen molar-refractivity contribution in [2.75, 3.05) is 12.4 Å². The zero-order valence-electron chi connectivity index (χ0n) is 11.7. The number of nitrogens with zero attached hydrogens (tertiary/aromatic N) is 2. The summed E-state index contributed by atoms with van der Waals surface area (Å²) in [5.74, 6) is 0.534. The summed E-state index contributed by atoms with van der Waals surface area (Å²) < 4.78 is 5.17. The smallest absolute Gasteiger partial charge is 0.242 e. The van der Waals surface area contributed by atoms with Gasteiger partial charge in [-0.2, -0.15) is 0 Å². The highest BCUT2D eigenvalue weighted by Crippen LogP contribution is 2.20. The van der Waals surface area contributed by atoms with E-state index in [-0.39, 0.29) is 18.3 Å². The van der Waals surface area contributed by atoms with Crippen molar-refractivity contribution in [3.8, 4) is 5.75 Å². The van der Waals surface area contributed by atoms with E-state index >= 15 is 0 Å². The molecule has 2 aromatic rings. The molecule has 114 valence electrons. The van der Waals surface area contributed by atoms with Crippen molar-refractivity contribution in [2.45, 2.75) is 19.4 Å². The van der Waals surface area contributed by atoms with E-state index in [2.05, 4.69) is 15.5 Å². The monoisotopic (exact) mass is 328 g/mol. The predicted molar refractivity (Wildman–Crippen MR) is 85.2 cm³/mol. The summed E-state index contributed by atoms with van der Waals surface area (Å²) >= 11 is 1.34. The minimum Gasteiger partial charge on any atom is -0.497 e. The molecule has 1 heterocycles. The first-order valence-corrected chi connectivity index (χ1v) is 6.92. The van der Waals surface area contributed by atoms with Crippen LogP contribution in [0.15, 0.2) is 24.3 Å². The lowest BCUT2D eigenvalue weighted by Crippen LogP contribution is -2.32. The van der Waals surface area contributed by atoms with E-state index in [4.69, 9.17) is 10.5 Å². The van der Waals surface area contributed by atoms with E-state index in [1.54, 1.807) is 14.0 Å². The Kier molecular flexibility index (Phi) is 6.54. The Labute approximate surface area is 133 Å². The van der Waals surface area contributed by atoms with E-state index in [9.17, 15) is 4.79 Å². The third kappa shape index (κ3) is 4.96. The first-order valence-electron chi connectivity index (χ1n) is 6.10. The van der Waals surface area contributed by atoms with Crippen LogP contribution in [0.4, 0.5) is 5.13 Å². The van der Waals surface area contributed by atoms with Gasteiger partial charge in [-0.15, -0.1) is 22.6 Å². The van der Waals surface area contributed by atoms with Gasteiger partial charge in [0.15, 0.2) is 0 Å². The molecule has 1 atom stereocenters. The van der Waals surface area contributed by atoms with Gasteiger partial charge in [-0.05, 0) is 24.6 Å². The largest absolute Gasteiger partial charge is 0.497 e.